The molecule has 0 amide bonds. The molecule has 3 heterocycles. The highest BCUT2D eigenvalue weighted by atomic mass is 32.1. The van der Waals surface area contributed by atoms with Crippen LogP contribution in [0.4, 0.5) is 5.69 Å². The molecule has 6 heteroatoms. The van der Waals surface area contributed by atoms with Gasteiger partial charge in [0.25, 0.3) is 0 Å². The van der Waals surface area contributed by atoms with Crippen LogP contribution in [0.25, 0.3) is 10.4 Å². The van der Waals surface area contributed by atoms with Crippen LogP contribution in [0.3, 0.4) is 0 Å². The number of nitriles is 1. The average Bonchev–Trinajstić information content (AvgIpc) is 3.26. The van der Waals surface area contributed by atoms with E-state index < -0.39 is 5.97 Å². The predicted molar refractivity (Wildman–Crippen MR) is 127 cm³/mol. The average molecular weight is 451 g/mol. The fourth-order valence-corrected chi connectivity index (χ4v) is 7.40. The summed E-state index contributed by atoms with van der Waals surface area (Å²) in [5.41, 5.74) is 4.12. The van der Waals surface area contributed by atoms with Gasteiger partial charge in [-0.1, -0.05) is 13.8 Å². The highest BCUT2D eigenvalue weighted by Crippen LogP contribution is 2.49. The Bertz CT molecular complexity index is 1100. The first kappa shape index (κ1) is 21.5. The number of methoxy groups -OCH3 is 1. The van der Waals surface area contributed by atoms with Gasteiger partial charge >= 0.3 is 5.97 Å². The number of aryl methyl sites for hydroxylation is 1. The van der Waals surface area contributed by atoms with Crippen LogP contribution in [0.1, 0.15) is 72.3 Å². The molecule has 1 N–H and O–H groups in total. The van der Waals surface area contributed by atoms with E-state index in [2.05, 4.69) is 24.8 Å². The van der Waals surface area contributed by atoms with Crippen molar-refractivity contribution in [3.05, 3.63) is 39.8 Å². The molecule has 3 aliphatic rings. The van der Waals surface area contributed by atoms with Crippen LogP contribution in [0.15, 0.2) is 18.2 Å². The summed E-state index contributed by atoms with van der Waals surface area (Å²) in [6.07, 6.45) is 7.31. The van der Waals surface area contributed by atoms with E-state index in [0.29, 0.717) is 23.2 Å². The van der Waals surface area contributed by atoms with Crippen molar-refractivity contribution in [1.82, 2.24) is 0 Å². The van der Waals surface area contributed by atoms with Crippen molar-refractivity contribution in [3.63, 3.8) is 0 Å². The van der Waals surface area contributed by atoms with E-state index in [9.17, 15) is 15.2 Å². The number of hydrogen-bond acceptors (Lipinski definition) is 5. The first-order valence-corrected chi connectivity index (χ1v) is 12.4. The van der Waals surface area contributed by atoms with Crippen molar-refractivity contribution in [1.29, 1.82) is 5.26 Å². The summed E-state index contributed by atoms with van der Waals surface area (Å²) >= 11 is 1.63. The van der Waals surface area contributed by atoms with Crippen molar-refractivity contribution >= 4 is 23.0 Å². The Hall–Kier alpha value is -2.36. The van der Waals surface area contributed by atoms with Gasteiger partial charge in [-0.2, -0.15) is 5.26 Å². The van der Waals surface area contributed by atoms with E-state index in [0.717, 1.165) is 66.6 Å². The molecule has 0 saturated carbocycles. The van der Waals surface area contributed by atoms with E-state index in [1.54, 1.807) is 18.4 Å². The lowest BCUT2D eigenvalue weighted by Crippen LogP contribution is -2.45. The molecule has 1 aromatic heterocycles. The molecular weight excluding hydrogens is 420 g/mol. The second-order valence-corrected chi connectivity index (χ2v) is 11.4. The maximum Gasteiger partial charge on any atom is 0.337 e. The number of rotatable bonds is 4. The minimum Gasteiger partial charge on any atom is -0.478 e. The minimum atomic E-state index is -0.857. The quantitative estimate of drug-likeness (QED) is 0.652. The van der Waals surface area contributed by atoms with Crippen LogP contribution in [0, 0.1) is 16.7 Å². The highest BCUT2D eigenvalue weighted by molar-refractivity contribution is 7.16. The molecule has 2 aliphatic heterocycles. The topological polar surface area (TPSA) is 73.6 Å². The number of aromatic carboxylic acids is 1. The van der Waals surface area contributed by atoms with Gasteiger partial charge in [-0.05, 0) is 74.1 Å². The molecule has 0 radical (unpaired) electrons. The van der Waals surface area contributed by atoms with Crippen LogP contribution < -0.4 is 4.90 Å². The van der Waals surface area contributed by atoms with Crippen LogP contribution in [-0.2, 0) is 17.6 Å². The highest BCUT2D eigenvalue weighted by Gasteiger charge is 2.42. The molecule has 0 spiro atoms. The van der Waals surface area contributed by atoms with E-state index >= 15 is 0 Å². The van der Waals surface area contributed by atoms with Crippen molar-refractivity contribution < 1.29 is 14.6 Å². The normalized spacial score (nSPS) is 25.9. The molecule has 32 heavy (non-hydrogen) atoms. The van der Waals surface area contributed by atoms with Crippen molar-refractivity contribution in [2.45, 2.75) is 77.0 Å². The Kier molecular flexibility index (Phi) is 5.30. The number of carboxylic acids is 1. The SMILES string of the molecule is COC1C[C@H]2CC[C@@H](C1)N2c1ccc(C#N)cc1-c1sc2c(c1C(=O)O)CC(C)(C)CC2. The Morgan fingerprint density at radius 1 is 1.28 bits per heavy atom. The molecule has 3 atom stereocenters. The monoisotopic (exact) mass is 450 g/mol. The van der Waals surface area contributed by atoms with E-state index in [1.165, 1.54) is 4.88 Å². The van der Waals surface area contributed by atoms with Crippen molar-refractivity contribution in [2.75, 3.05) is 12.0 Å². The Morgan fingerprint density at radius 2 is 2.00 bits per heavy atom. The maximum absolute atomic E-state index is 12.5. The smallest absolute Gasteiger partial charge is 0.337 e. The number of carboxylic acid groups (broad SMARTS) is 1. The summed E-state index contributed by atoms with van der Waals surface area (Å²) in [6.45, 7) is 4.44. The fraction of sp³-hybridized carbons (Fsp3) is 0.538. The van der Waals surface area contributed by atoms with Gasteiger partial charge in [0, 0.05) is 35.3 Å². The Balaban J connectivity index is 1.66. The van der Waals surface area contributed by atoms with E-state index in [-0.39, 0.29) is 11.5 Å². The molecule has 5 rings (SSSR count). The molecule has 2 aromatic rings. The van der Waals surface area contributed by atoms with E-state index in [1.807, 2.05) is 18.2 Å². The lowest BCUT2D eigenvalue weighted by Gasteiger charge is -2.41. The minimum absolute atomic E-state index is 0.105. The van der Waals surface area contributed by atoms with Gasteiger partial charge in [0.15, 0.2) is 0 Å². The third kappa shape index (κ3) is 3.52. The first-order valence-electron chi connectivity index (χ1n) is 11.5. The lowest BCUT2D eigenvalue weighted by molar-refractivity contribution is 0.0683. The predicted octanol–water partition coefficient (Wildman–Crippen LogP) is 5.65. The van der Waals surface area contributed by atoms with Gasteiger partial charge in [-0.15, -0.1) is 11.3 Å². The van der Waals surface area contributed by atoms with Crippen LogP contribution in [-0.4, -0.2) is 36.4 Å². The number of piperidine rings is 1. The largest absolute Gasteiger partial charge is 0.478 e. The molecule has 1 unspecified atom stereocenters. The maximum atomic E-state index is 12.5. The summed E-state index contributed by atoms with van der Waals surface area (Å²) in [5.74, 6) is -0.857. The van der Waals surface area contributed by atoms with Gasteiger partial charge in [-0.25, -0.2) is 4.79 Å². The summed E-state index contributed by atoms with van der Waals surface area (Å²) in [7, 11) is 1.80. The number of thiophene rings is 1. The van der Waals surface area contributed by atoms with Gasteiger partial charge in [0.2, 0.25) is 0 Å². The van der Waals surface area contributed by atoms with Crippen LogP contribution >= 0.6 is 11.3 Å². The number of carbonyl (C=O) groups is 1. The summed E-state index contributed by atoms with van der Waals surface area (Å²) in [4.78, 5) is 17.0. The number of nitrogens with zero attached hydrogens (tertiary/aromatic N) is 2. The number of fused-ring (bicyclic) bond motifs is 3. The van der Waals surface area contributed by atoms with Gasteiger partial charge in [-0.3, -0.25) is 0 Å². The molecule has 2 saturated heterocycles. The lowest BCUT2D eigenvalue weighted by atomic mass is 9.76. The molecule has 2 fully saturated rings. The summed E-state index contributed by atoms with van der Waals surface area (Å²) < 4.78 is 5.69. The zero-order chi connectivity index (χ0) is 22.6. The fourth-order valence-electron chi connectivity index (χ4n) is 6.06. The number of anilines is 1. The second-order valence-electron chi connectivity index (χ2n) is 10.3. The molecule has 1 aliphatic carbocycles. The van der Waals surface area contributed by atoms with Gasteiger partial charge < -0.3 is 14.7 Å². The van der Waals surface area contributed by atoms with Gasteiger partial charge in [0.05, 0.1) is 28.2 Å². The molecule has 5 nitrogen and oxygen atoms in total. The molecular formula is C26H30N2O3S. The summed E-state index contributed by atoms with van der Waals surface area (Å²) in [6, 6.07) is 8.88. The molecule has 168 valence electrons. The Morgan fingerprint density at radius 3 is 2.62 bits per heavy atom. The van der Waals surface area contributed by atoms with Gasteiger partial charge in [0.1, 0.15) is 0 Å². The van der Waals surface area contributed by atoms with Crippen molar-refractivity contribution in [2.24, 2.45) is 5.41 Å². The van der Waals surface area contributed by atoms with Crippen LogP contribution in [0.5, 0.6) is 0 Å². The molecule has 2 bridgehead atoms. The van der Waals surface area contributed by atoms with Crippen LogP contribution in [0.2, 0.25) is 0 Å². The standard InChI is InChI=1S/C26H30N2O3S/c1-26(2)9-8-22-20(13-26)23(25(29)30)24(32-22)19-10-15(14-27)4-7-21(19)28-16-5-6-17(28)12-18(11-16)31-3/h4,7,10,16-18H,5-6,8-9,11-13H2,1-3H3,(H,29,30)/t16-,17+,18?. The third-order valence-corrected chi connectivity index (χ3v) is 8.99. The number of benzene rings is 1. The molecule has 1 aromatic carbocycles. The van der Waals surface area contributed by atoms with Crippen molar-refractivity contribution in [3.8, 4) is 16.5 Å². The summed E-state index contributed by atoms with van der Waals surface area (Å²) in [5, 5.41) is 19.9. The Labute approximate surface area is 193 Å². The second kappa shape index (κ2) is 7.90. The third-order valence-electron chi connectivity index (χ3n) is 7.66. The zero-order valence-corrected chi connectivity index (χ0v) is 19.8. The number of hydrogen-bond donors (Lipinski definition) is 1. The number of ether oxygens (including phenoxy) is 1. The zero-order valence-electron chi connectivity index (χ0n) is 19.0. The van der Waals surface area contributed by atoms with E-state index in [4.69, 9.17) is 4.74 Å². The first-order chi connectivity index (χ1) is 15.3.